The van der Waals surface area contributed by atoms with Gasteiger partial charge in [-0.15, -0.1) is 0 Å². The molecular weight excluding hydrogens is 189 g/mol. The first-order valence-corrected chi connectivity index (χ1v) is 4.05. The van der Waals surface area contributed by atoms with E-state index in [0.29, 0.717) is 0 Å². The molecule has 5 heteroatoms. The fourth-order valence-corrected chi connectivity index (χ4v) is 0.820. The Bertz CT molecular complexity index is 339. The average Bonchev–Trinajstić information content (AvgIpc) is 2.19. The van der Waals surface area contributed by atoms with Gasteiger partial charge in [-0.2, -0.15) is 4.39 Å². The van der Waals surface area contributed by atoms with Crippen LogP contribution in [0.1, 0.15) is 24.2 Å². The Kier molecular flexibility index (Phi) is 5.06. The molecule has 0 fully saturated rings. The molecule has 1 rings (SSSR count). The lowest BCUT2D eigenvalue weighted by atomic mass is 10.2. The van der Waals surface area contributed by atoms with Crippen LogP contribution < -0.4 is 0 Å². The first-order chi connectivity index (χ1) is 6.66. The van der Waals surface area contributed by atoms with Crippen molar-refractivity contribution in [2.75, 3.05) is 0 Å². The molecule has 1 aromatic carbocycles. The molecule has 0 aliphatic carbocycles. The second-order valence-corrected chi connectivity index (χ2v) is 2.05. The van der Waals surface area contributed by atoms with Crippen molar-refractivity contribution in [2.45, 2.75) is 13.8 Å². The van der Waals surface area contributed by atoms with Gasteiger partial charge >= 0.3 is 5.69 Å². The van der Waals surface area contributed by atoms with Gasteiger partial charge in [-0.25, -0.2) is 0 Å². The number of para-hydroxylation sites is 1. The van der Waals surface area contributed by atoms with E-state index in [1.54, 1.807) is 0 Å². The van der Waals surface area contributed by atoms with Crippen molar-refractivity contribution in [1.82, 2.24) is 0 Å². The highest BCUT2D eigenvalue weighted by atomic mass is 19.1. The van der Waals surface area contributed by atoms with Gasteiger partial charge in [0, 0.05) is 0 Å². The zero-order chi connectivity index (χ0) is 11.1. The molecule has 14 heavy (non-hydrogen) atoms. The van der Waals surface area contributed by atoms with Gasteiger partial charge in [0.15, 0.2) is 6.29 Å². The Morgan fingerprint density at radius 3 is 2.36 bits per heavy atom. The maximum absolute atomic E-state index is 12.7. The van der Waals surface area contributed by atoms with Crippen LogP contribution in [-0.4, -0.2) is 11.2 Å². The normalized spacial score (nSPS) is 8.50. The molecule has 0 unspecified atom stereocenters. The number of benzene rings is 1. The lowest BCUT2D eigenvalue weighted by molar-refractivity contribution is -0.387. The molecule has 0 saturated heterocycles. The number of carbonyl (C=O) groups excluding carboxylic acids is 1. The van der Waals surface area contributed by atoms with E-state index in [2.05, 4.69) is 0 Å². The summed E-state index contributed by atoms with van der Waals surface area (Å²) in [6.07, 6.45) is 0.251. The van der Waals surface area contributed by atoms with Gasteiger partial charge in [-0.05, 0) is 12.1 Å². The maximum atomic E-state index is 12.7. The van der Waals surface area contributed by atoms with Gasteiger partial charge in [0.05, 0.1) is 10.5 Å². The van der Waals surface area contributed by atoms with Crippen LogP contribution in [0, 0.1) is 15.9 Å². The molecule has 4 nitrogen and oxygen atoms in total. The van der Waals surface area contributed by atoms with Gasteiger partial charge in [-0.3, -0.25) is 14.9 Å². The second kappa shape index (κ2) is 5.80. The van der Waals surface area contributed by atoms with Crippen molar-refractivity contribution in [3.8, 4) is 0 Å². The van der Waals surface area contributed by atoms with Crippen molar-refractivity contribution < 1.29 is 14.1 Å². The van der Waals surface area contributed by atoms with Crippen LogP contribution in [0.3, 0.4) is 0 Å². The predicted octanol–water partition coefficient (Wildman–Crippen LogP) is 2.57. The van der Waals surface area contributed by atoms with E-state index in [-0.39, 0.29) is 11.8 Å². The van der Waals surface area contributed by atoms with Crippen LogP contribution in [0.4, 0.5) is 10.1 Å². The smallest absolute Gasteiger partial charge is 0.298 e. The van der Waals surface area contributed by atoms with Crippen LogP contribution in [-0.2, 0) is 0 Å². The molecule has 0 spiro atoms. The highest BCUT2D eigenvalue weighted by Crippen LogP contribution is 2.20. The van der Waals surface area contributed by atoms with E-state index in [4.69, 9.17) is 0 Å². The quantitative estimate of drug-likeness (QED) is 0.417. The third-order valence-electron chi connectivity index (χ3n) is 1.33. The molecule has 0 aliphatic heterocycles. The Morgan fingerprint density at radius 1 is 1.43 bits per heavy atom. The fraction of sp³-hybridized carbons (Fsp3) is 0.222. The highest BCUT2D eigenvalue weighted by Gasteiger charge is 2.18. The van der Waals surface area contributed by atoms with Crippen molar-refractivity contribution in [3.63, 3.8) is 0 Å². The molecular formula is C9H10FNO3. The zero-order valence-corrected chi connectivity index (χ0v) is 7.86. The van der Waals surface area contributed by atoms with Crippen molar-refractivity contribution in [1.29, 1.82) is 0 Å². The average molecular weight is 199 g/mol. The predicted molar refractivity (Wildman–Crippen MR) is 49.8 cm³/mol. The largest absolute Gasteiger partial charge is 0.315 e. The van der Waals surface area contributed by atoms with Crippen molar-refractivity contribution in [3.05, 3.63) is 39.7 Å². The Morgan fingerprint density at radius 2 is 2.00 bits per heavy atom. The van der Waals surface area contributed by atoms with Crippen molar-refractivity contribution in [2.24, 2.45) is 0 Å². The molecule has 0 N–H and O–H groups in total. The number of hydrogen-bond donors (Lipinski definition) is 0. The monoisotopic (exact) mass is 199 g/mol. The highest BCUT2D eigenvalue weighted by molar-refractivity contribution is 5.81. The van der Waals surface area contributed by atoms with Gasteiger partial charge < -0.3 is 0 Å². The van der Waals surface area contributed by atoms with Crippen LogP contribution in [0.15, 0.2) is 18.2 Å². The minimum absolute atomic E-state index is 0.250. The lowest BCUT2D eigenvalue weighted by Gasteiger charge is -1.94. The molecule has 0 amide bonds. The molecule has 76 valence electrons. The number of nitro groups is 1. The molecule has 0 aliphatic rings. The minimum Gasteiger partial charge on any atom is -0.298 e. The van der Waals surface area contributed by atoms with Gasteiger partial charge in [-0.1, -0.05) is 19.9 Å². The third-order valence-corrected chi connectivity index (χ3v) is 1.33. The molecule has 0 heterocycles. The summed E-state index contributed by atoms with van der Waals surface area (Å²) < 4.78 is 12.7. The number of rotatable bonds is 2. The Hall–Kier alpha value is -1.78. The number of nitrogens with zero attached hydrogens (tertiary/aromatic N) is 1. The summed E-state index contributed by atoms with van der Waals surface area (Å²) in [4.78, 5) is 19.5. The Labute approximate surface area is 80.5 Å². The van der Waals surface area contributed by atoms with E-state index in [1.165, 1.54) is 12.1 Å². The summed E-state index contributed by atoms with van der Waals surface area (Å²) in [6.45, 7) is 4.00. The fourth-order valence-electron chi connectivity index (χ4n) is 0.820. The summed E-state index contributed by atoms with van der Waals surface area (Å²) in [7, 11) is 0. The van der Waals surface area contributed by atoms with E-state index in [9.17, 15) is 19.3 Å². The number of nitro benzene ring substituents is 1. The van der Waals surface area contributed by atoms with E-state index >= 15 is 0 Å². The van der Waals surface area contributed by atoms with E-state index in [0.717, 1.165) is 6.07 Å². The SMILES string of the molecule is CC.O=Cc1cccc(F)c1[N+](=O)[O-]. The first kappa shape index (κ1) is 12.2. The van der Waals surface area contributed by atoms with Crippen molar-refractivity contribution >= 4 is 12.0 Å². The van der Waals surface area contributed by atoms with Crippen LogP contribution >= 0.6 is 0 Å². The summed E-state index contributed by atoms with van der Waals surface area (Å²) in [5.74, 6) is -0.996. The minimum atomic E-state index is -0.996. The summed E-state index contributed by atoms with van der Waals surface area (Å²) in [5.41, 5.74) is -1.02. The molecule has 0 atom stereocenters. The summed E-state index contributed by atoms with van der Waals surface area (Å²) in [5, 5.41) is 10.2. The number of halogens is 1. The number of hydrogen-bond acceptors (Lipinski definition) is 3. The van der Waals surface area contributed by atoms with Crippen LogP contribution in [0.5, 0.6) is 0 Å². The molecule has 1 aromatic rings. The van der Waals surface area contributed by atoms with Gasteiger partial charge in [0.1, 0.15) is 0 Å². The van der Waals surface area contributed by atoms with Gasteiger partial charge in [0.2, 0.25) is 5.82 Å². The standard InChI is InChI=1S/C7H4FNO3.C2H6/c8-6-3-1-2-5(4-10)7(6)9(11)12;1-2/h1-4H;1-2H3. The molecule has 0 saturated carbocycles. The van der Waals surface area contributed by atoms with Crippen LogP contribution in [0.25, 0.3) is 0 Å². The third kappa shape index (κ3) is 2.62. The second-order valence-electron chi connectivity index (χ2n) is 2.05. The lowest BCUT2D eigenvalue weighted by Crippen LogP contribution is -1.97. The molecule has 0 radical (unpaired) electrons. The maximum Gasteiger partial charge on any atom is 0.315 e. The number of aldehydes is 1. The molecule has 0 bridgehead atoms. The van der Waals surface area contributed by atoms with E-state index in [1.807, 2.05) is 13.8 Å². The van der Waals surface area contributed by atoms with E-state index < -0.39 is 16.4 Å². The first-order valence-electron chi connectivity index (χ1n) is 4.05. The molecule has 0 aromatic heterocycles. The number of carbonyl (C=O) groups is 1. The van der Waals surface area contributed by atoms with Gasteiger partial charge in [0.25, 0.3) is 0 Å². The summed E-state index contributed by atoms with van der Waals surface area (Å²) >= 11 is 0. The Balaban J connectivity index is 0.000000791. The zero-order valence-electron chi connectivity index (χ0n) is 7.86. The topological polar surface area (TPSA) is 60.2 Å². The van der Waals surface area contributed by atoms with Crippen LogP contribution in [0.2, 0.25) is 0 Å². The summed E-state index contributed by atoms with van der Waals surface area (Å²) in [6, 6.07) is 3.37.